The van der Waals surface area contributed by atoms with Gasteiger partial charge in [0.05, 0.1) is 11.4 Å². The molecule has 0 aromatic heterocycles. The predicted octanol–water partition coefficient (Wildman–Crippen LogP) is 8.04. The first-order valence-electron chi connectivity index (χ1n) is 12.6. The lowest BCUT2D eigenvalue weighted by molar-refractivity contribution is -0.129. The van der Waals surface area contributed by atoms with Gasteiger partial charge in [0, 0.05) is 27.4 Å². The van der Waals surface area contributed by atoms with Crippen LogP contribution in [0.3, 0.4) is 0 Å². The van der Waals surface area contributed by atoms with Crippen molar-refractivity contribution in [1.82, 2.24) is 0 Å². The fourth-order valence-electron chi connectivity index (χ4n) is 7.08. The third-order valence-electron chi connectivity index (χ3n) is 8.86. The molecule has 3 aromatic rings. The number of aliphatic imine (C=N–C) groups is 1. The summed E-state index contributed by atoms with van der Waals surface area (Å²) in [7, 11) is 0. The molecule has 3 heteroatoms. The number of hydrogen-bond donors (Lipinski definition) is 0. The lowest BCUT2D eigenvalue weighted by Gasteiger charge is -2.48. The van der Waals surface area contributed by atoms with Crippen molar-refractivity contribution < 1.29 is 4.79 Å². The third-order valence-corrected chi connectivity index (χ3v) is 9.74. The van der Waals surface area contributed by atoms with Crippen LogP contribution < -0.4 is 0 Å². The van der Waals surface area contributed by atoms with Gasteiger partial charge in [0.25, 0.3) is 0 Å². The van der Waals surface area contributed by atoms with Crippen LogP contribution in [0.4, 0.5) is 5.69 Å². The molecule has 3 aliphatic rings. The van der Waals surface area contributed by atoms with E-state index in [1.165, 1.54) is 17.5 Å². The fourth-order valence-corrected chi connectivity index (χ4v) is 7.73. The van der Waals surface area contributed by atoms with Crippen LogP contribution in [-0.2, 0) is 11.2 Å². The summed E-state index contributed by atoms with van der Waals surface area (Å²) in [6, 6.07) is 25.4. The molecule has 0 radical (unpaired) electrons. The Bertz CT molecular complexity index is 1220. The van der Waals surface area contributed by atoms with Crippen molar-refractivity contribution >= 4 is 33.1 Å². The van der Waals surface area contributed by atoms with Crippen molar-refractivity contribution in [3.63, 3.8) is 0 Å². The van der Waals surface area contributed by atoms with Crippen LogP contribution in [0.1, 0.15) is 67.2 Å². The molecule has 0 bridgehead atoms. The Morgan fingerprint density at radius 2 is 1.56 bits per heavy atom. The Labute approximate surface area is 210 Å². The average molecular weight is 512 g/mol. The van der Waals surface area contributed by atoms with Crippen LogP contribution in [0.5, 0.6) is 0 Å². The summed E-state index contributed by atoms with van der Waals surface area (Å²) in [5, 5.41) is 0. The zero-order valence-electron chi connectivity index (χ0n) is 19.6. The zero-order chi connectivity index (χ0) is 23.3. The van der Waals surface area contributed by atoms with Gasteiger partial charge in [0.2, 0.25) is 0 Å². The molecule has 0 aliphatic heterocycles. The second-order valence-electron chi connectivity index (χ2n) is 10.5. The number of benzene rings is 3. The highest BCUT2D eigenvalue weighted by atomic mass is 79.9. The molecule has 3 unspecified atom stereocenters. The Balaban J connectivity index is 1.40. The fraction of sp³-hybridized carbons (Fsp3) is 0.355. The van der Waals surface area contributed by atoms with Gasteiger partial charge in [-0.15, -0.1) is 0 Å². The number of ketones is 1. The molecule has 0 amide bonds. The molecule has 0 heterocycles. The van der Waals surface area contributed by atoms with Crippen LogP contribution in [-0.4, -0.2) is 11.5 Å². The number of hydrogen-bond acceptors (Lipinski definition) is 2. The molecule has 4 atom stereocenters. The molecule has 3 aliphatic carbocycles. The molecule has 3 aromatic carbocycles. The SMILES string of the molecule is C[C@]12CCC3c4ccc(N=C(c5ccccc5)c5ccccc5)c(Br)c4CCC3C1CCC2=O. The third kappa shape index (κ3) is 3.51. The van der Waals surface area contributed by atoms with E-state index in [1.807, 2.05) is 12.1 Å². The summed E-state index contributed by atoms with van der Waals surface area (Å²) in [6.45, 7) is 2.25. The maximum Gasteiger partial charge on any atom is 0.139 e. The van der Waals surface area contributed by atoms with Gasteiger partial charge in [-0.1, -0.05) is 73.7 Å². The molecule has 6 rings (SSSR count). The van der Waals surface area contributed by atoms with Gasteiger partial charge < -0.3 is 0 Å². The highest BCUT2D eigenvalue weighted by Crippen LogP contribution is 2.60. The summed E-state index contributed by atoms with van der Waals surface area (Å²) < 4.78 is 1.14. The molecule has 0 N–H and O–H groups in total. The molecule has 172 valence electrons. The van der Waals surface area contributed by atoms with Crippen molar-refractivity contribution in [1.29, 1.82) is 0 Å². The van der Waals surface area contributed by atoms with Crippen molar-refractivity contribution in [2.24, 2.45) is 22.2 Å². The van der Waals surface area contributed by atoms with Crippen molar-refractivity contribution in [3.05, 3.63) is 99.5 Å². The van der Waals surface area contributed by atoms with Crippen LogP contribution in [0.2, 0.25) is 0 Å². The largest absolute Gasteiger partial charge is 0.299 e. The van der Waals surface area contributed by atoms with E-state index in [4.69, 9.17) is 4.99 Å². The van der Waals surface area contributed by atoms with E-state index in [-0.39, 0.29) is 5.41 Å². The topological polar surface area (TPSA) is 29.4 Å². The maximum absolute atomic E-state index is 12.7. The number of nitrogens with zero attached hydrogens (tertiary/aromatic N) is 1. The van der Waals surface area contributed by atoms with E-state index in [0.717, 1.165) is 59.1 Å². The first-order chi connectivity index (χ1) is 16.6. The van der Waals surface area contributed by atoms with E-state index in [1.54, 1.807) is 0 Å². The molecular formula is C31H30BrNO. The molecular weight excluding hydrogens is 482 g/mol. The standard InChI is InChI=1S/C31H30BrNO/c1-31-19-18-23-22-14-16-27(29(32)25(22)13-12-24(23)26(31)15-17-28(31)34)33-30(20-8-4-2-5-9-20)21-10-6-3-7-11-21/h2-11,14,16,23-24,26H,12-13,15,17-19H2,1H3/t23?,24?,26?,31-/m0/s1. The normalized spacial score (nSPS) is 27.5. The summed E-state index contributed by atoms with van der Waals surface area (Å²) >= 11 is 3.97. The van der Waals surface area contributed by atoms with Gasteiger partial charge in [-0.3, -0.25) is 4.79 Å². The Morgan fingerprint density at radius 1 is 0.882 bits per heavy atom. The second-order valence-corrected chi connectivity index (χ2v) is 11.3. The lowest BCUT2D eigenvalue weighted by Crippen LogP contribution is -2.42. The zero-order valence-corrected chi connectivity index (χ0v) is 21.2. The van der Waals surface area contributed by atoms with Gasteiger partial charge in [-0.05, 0) is 83.0 Å². The molecule has 2 saturated carbocycles. The minimum Gasteiger partial charge on any atom is -0.299 e. The summed E-state index contributed by atoms with van der Waals surface area (Å²) in [5.41, 5.74) is 7.08. The Morgan fingerprint density at radius 3 is 2.24 bits per heavy atom. The molecule has 0 spiro atoms. The molecule has 34 heavy (non-hydrogen) atoms. The number of Topliss-reactive ketones (excluding diaryl/α,β-unsaturated/α-hetero) is 1. The molecule has 0 saturated heterocycles. The molecule has 2 nitrogen and oxygen atoms in total. The maximum atomic E-state index is 12.7. The molecule has 2 fully saturated rings. The Hall–Kier alpha value is -2.52. The highest BCUT2D eigenvalue weighted by molar-refractivity contribution is 9.10. The Kier molecular flexibility index (Phi) is 5.56. The first kappa shape index (κ1) is 22.0. The van der Waals surface area contributed by atoms with Crippen molar-refractivity contribution in [2.75, 3.05) is 0 Å². The quantitative estimate of drug-likeness (QED) is 0.327. The second kappa shape index (κ2) is 8.61. The van der Waals surface area contributed by atoms with Gasteiger partial charge in [0.1, 0.15) is 5.78 Å². The highest BCUT2D eigenvalue weighted by Gasteiger charge is 2.54. The van der Waals surface area contributed by atoms with Crippen molar-refractivity contribution in [3.8, 4) is 0 Å². The van der Waals surface area contributed by atoms with E-state index in [0.29, 0.717) is 23.5 Å². The van der Waals surface area contributed by atoms with Gasteiger partial charge in [0.15, 0.2) is 0 Å². The van der Waals surface area contributed by atoms with E-state index >= 15 is 0 Å². The van der Waals surface area contributed by atoms with Crippen LogP contribution >= 0.6 is 15.9 Å². The average Bonchev–Trinajstić information content (AvgIpc) is 3.19. The van der Waals surface area contributed by atoms with E-state index < -0.39 is 0 Å². The van der Waals surface area contributed by atoms with Crippen LogP contribution in [0, 0.1) is 17.3 Å². The van der Waals surface area contributed by atoms with Gasteiger partial charge >= 0.3 is 0 Å². The monoisotopic (exact) mass is 511 g/mol. The summed E-state index contributed by atoms with van der Waals surface area (Å²) in [5.74, 6) is 2.29. The number of carbonyl (C=O) groups excluding carboxylic acids is 1. The van der Waals surface area contributed by atoms with Gasteiger partial charge in [-0.25, -0.2) is 4.99 Å². The van der Waals surface area contributed by atoms with Crippen LogP contribution in [0.15, 0.2) is 82.3 Å². The summed E-state index contributed by atoms with van der Waals surface area (Å²) in [4.78, 5) is 17.9. The number of rotatable bonds is 3. The number of carbonyl (C=O) groups is 1. The predicted molar refractivity (Wildman–Crippen MR) is 142 cm³/mol. The van der Waals surface area contributed by atoms with E-state index in [2.05, 4.69) is 83.5 Å². The summed E-state index contributed by atoms with van der Waals surface area (Å²) in [6.07, 6.45) is 6.29. The van der Waals surface area contributed by atoms with E-state index in [9.17, 15) is 4.79 Å². The minimum absolute atomic E-state index is 0.0690. The first-order valence-corrected chi connectivity index (χ1v) is 13.4. The van der Waals surface area contributed by atoms with Crippen molar-refractivity contribution in [2.45, 2.75) is 51.4 Å². The van der Waals surface area contributed by atoms with Gasteiger partial charge in [-0.2, -0.15) is 0 Å². The smallest absolute Gasteiger partial charge is 0.139 e. The van der Waals surface area contributed by atoms with Crippen LogP contribution in [0.25, 0.3) is 0 Å². The minimum atomic E-state index is -0.0690. The number of fused-ring (bicyclic) bond motifs is 5. The number of halogens is 1. The lowest BCUT2D eigenvalue weighted by atomic mass is 9.55.